The van der Waals surface area contributed by atoms with Gasteiger partial charge in [0.15, 0.2) is 5.75 Å². The van der Waals surface area contributed by atoms with E-state index in [1.807, 2.05) is 0 Å². The van der Waals surface area contributed by atoms with Gasteiger partial charge in [-0.3, -0.25) is 5.32 Å². The Balaban J connectivity index is 2.35. The smallest absolute Gasteiger partial charge is 0.369 e. The fourth-order valence-corrected chi connectivity index (χ4v) is 1.25. The van der Waals surface area contributed by atoms with E-state index >= 15 is 0 Å². The SMILES string of the molecule is O=C(O)C1[CH+]SCN1. The van der Waals surface area contributed by atoms with Gasteiger partial charge in [0.25, 0.3) is 6.04 Å². The zero-order valence-electron chi connectivity index (χ0n) is 4.13. The number of nitrogens with one attached hydrogen (secondary N) is 1. The molecule has 0 aromatic rings. The number of rotatable bonds is 1. The summed E-state index contributed by atoms with van der Waals surface area (Å²) in [4.78, 5) is 10.1. The van der Waals surface area contributed by atoms with E-state index in [1.165, 1.54) is 11.8 Å². The zero-order chi connectivity index (χ0) is 5.98. The molecule has 1 rings (SSSR count). The molecule has 1 atom stereocenters. The molecule has 0 spiro atoms. The van der Waals surface area contributed by atoms with Crippen LogP contribution in [0, 0.1) is 5.75 Å². The minimum Gasteiger partial charge on any atom is -0.477 e. The number of carbonyl (C=O) groups is 1. The molecule has 0 aromatic carbocycles. The first kappa shape index (κ1) is 5.78. The molecular weight excluding hydrogens is 126 g/mol. The van der Waals surface area contributed by atoms with Crippen molar-refractivity contribution in [1.82, 2.24) is 5.32 Å². The average Bonchev–Trinajstić information content (AvgIpc) is 2.12. The van der Waals surface area contributed by atoms with E-state index in [1.54, 1.807) is 5.75 Å². The molecule has 0 aliphatic carbocycles. The molecule has 3 nitrogen and oxygen atoms in total. The molecule has 4 heteroatoms. The van der Waals surface area contributed by atoms with Crippen LogP contribution in [0.4, 0.5) is 0 Å². The van der Waals surface area contributed by atoms with Gasteiger partial charge in [-0.2, -0.15) is 0 Å². The molecule has 0 radical (unpaired) electrons. The Bertz CT molecular complexity index is 100. The molecule has 1 heterocycles. The molecule has 1 aliphatic heterocycles. The van der Waals surface area contributed by atoms with Crippen molar-refractivity contribution in [3.05, 3.63) is 5.75 Å². The summed E-state index contributed by atoms with van der Waals surface area (Å²) in [5, 5.41) is 11.1. The van der Waals surface area contributed by atoms with Crippen LogP contribution in [0.3, 0.4) is 0 Å². The van der Waals surface area contributed by atoms with Crippen molar-refractivity contribution >= 4 is 17.7 Å². The van der Waals surface area contributed by atoms with Crippen molar-refractivity contribution in [2.45, 2.75) is 6.04 Å². The fourth-order valence-electron chi connectivity index (χ4n) is 0.476. The lowest BCUT2D eigenvalue weighted by Crippen LogP contribution is -2.30. The summed E-state index contributed by atoms with van der Waals surface area (Å²) >= 11 is 1.49. The molecule has 0 amide bonds. The molecule has 44 valence electrons. The summed E-state index contributed by atoms with van der Waals surface area (Å²) in [5.41, 5.74) is 0. The molecule has 1 fully saturated rings. The predicted molar refractivity (Wildman–Crippen MR) is 31.3 cm³/mol. The summed E-state index contributed by atoms with van der Waals surface area (Å²) in [6.45, 7) is 0. The molecule has 1 saturated heterocycles. The van der Waals surface area contributed by atoms with Crippen molar-refractivity contribution in [1.29, 1.82) is 0 Å². The van der Waals surface area contributed by atoms with Crippen LogP contribution in [0.15, 0.2) is 0 Å². The van der Waals surface area contributed by atoms with Crippen LogP contribution in [0.5, 0.6) is 0 Å². The van der Waals surface area contributed by atoms with Crippen LogP contribution in [0.1, 0.15) is 0 Å². The van der Waals surface area contributed by atoms with Gasteiger partial charge < -0.3 is 5.11 Å². The lowest BCUT2D eigenvalue weighted by molar-refractivity contribution is -0.138. The molecule has 0 bridgehead atoms. The minimum absolute atomic E-state index is 0.431. The van der Waals surface area contributed by atoms with E-state index in [9.17, 15) is 4.79 Å². The summed E-state index contributed by atoms with van der Waals surface area (Å²) in [7, 11) is 0. The largest absolute Gasteiger partial charge is 0.477 e. The highest BCUT2D eigenvalue weighted by Crippen LogP contribution is 2.14. The standard InChI is InChI=1S/C4H5NO2S/c6-4(7)3-1-8-2-5-3/h1,3,5H,2H2/p+1. The Morgan fingerprint density at radius 2 is 2.75 bits per heavy atom. The number of carboxylic acids is 1. The highest BCUT2D eigenvalue weighted by Gasteiger charge is 2.31. The molecule has 2 N–H and O–H groups in total. The van der Waals surface area contributed by atoms with E-state index in [-0.39, 0.29) is 0 Å². The number of carboxylic acid groups (broad SMARTS) is 1. The maximum absolute atomic E-state index is 10.1. The van der Waals surface area contributed by atoms with Crippen molar-refractivity contribution < 1.29 is 9.90 Å². The molecule has 1 aliphatic rings. The molecule has 0 aromatic heterocycles. The van der Waals surface area contributed by atoms with Crippen molar-refractivity contribution in [3.63, 3.8) is 0 Å². The highest BCUT2D eigenvalue weighted by molar-refractivity contribution is 8.01. The second-order valence-electron chi connectivity index (χ2n) is 1.47. The van der Waals surface area contributed by atoms with Gasteiger partial charge in [-0.1, -0.05) is 0 Å². The normalized spacial score (nSPS) is 27.2. The van der Waals surface area contributed by atoms with Crippen LogP contribution in [0.25, 0.3) is 0 Å². The van der Waals surface area contributed by atoms with Gasteiger partial charge in [0.2, 0.25) is 0 Å². The molecule has 0 saturated carbocycles. The first-order chi connectivity index (χ1) is 3.80. The minimum atomic E-state index is -0.796. The van der Waals surface area contributed by atoms with Gasteiger partial charge in [-0.05, 0) is 0 Å². The Hall–Kier alpha value is -0.350. The second-order valence-corrected chi connectivity index (χ2v) is 2.36. The van der Waals surface area contributed by atoms with Crippen LogP contribution < -0.4 is 5.32 Å². The quantitative estimate of drug-likeness (QED) is 0.489. The summed E-state index contributed by atoms with van der Waals surface area (Å²) in [5.74, 6) is 1.61. The lowest BCUT2D eigenvalue weighted by Gasteiger charge is -1.90. The van der Waals surface area contributed by atoms with Gasteiger partial charge in [0.1, 0.15) is 0 Å². The number of aliphatic carboxylic acids is 1. The van der Waals surface area contributed by atoms with Gasteiger partial charge >= 0.3 is 5.97 Å². The van der Waals surface area contributed by atoms with Crippen LogP contribution >= 0.6 is 11.8 Å². The van der Waals surface area contributed by atoms with Crippen molar-refractivity contribution in [3.8, 4) is 0 Å². The predicted octanol–water partition coefficient (Wildman–Crippen LogP) is -0.105. The van der Waals surface area contributed by atoms with Crippen LogP contribution in [-0.4, -0.2) is 23.0 Å². The third-order valence-electron chi connectivity index (χ3n) is 0.885. The van der Waals surface area contributed by atoms with Crippen molar-refractivity contribution in [2.75, 3.05) is 5.88 Å². The maximum Gasteiger partial charge on any atom is 0.369 e. The first-order valence-electron chi connectivity index (χ1n) is 2.22. The summed E-state index contributed by atoms with van der Waals surface area (Å²) < 4.78 is 0. The highest BCUT2D eigenvalue weighted by atomic mass is 32.2. The maximum atomic E-state index is 10.1. The Labute approximate surface area is 51.5 Å². The van der Waals surface area contributed by atoms with E-state index in [0.717, 1.165) is 5.88 Å². The van der Waals surface area contributed by atoms with Crippen LogP contribution in [-0.2, 0) is 4.79 Å². The van der Waals surface area contributed by atoms with Gasteiger partial charge in [-0.25, -0.2) is 4.79 Å². The zero-order valence-corrected chi connectivity index (χ0v) is 4.94. The third kappa shape index (κ3) is 1.08. The Morgan fingerprint density at radius 3 is 3.00 bits per heavy atom. The third-order valence-corrected chi connectivity index (χ3v) is 1.68. The summed E-state index contributed by atoms with van der Waals surface area (Å²) in [6.07, 6.45) is 0. The fraction of sp³-hybridized carbons (Fsp3) is 0.500. The monoisotopic (exact) mass is 132 g/mol. The Kier molecular flexibility index (Phi) is 1.65. The molecule has 8 heavy (non-hydrogen) atoms. The number of hydrogen-bond acceptors (Lipinski definition) is 3. The van der Waals surface area contributed by atoms with E-state index < -0.39 is 12.0 Å². The Morgan fingerprint density at radius 1 is 2.00 bits per heavy atom. The van der Waals surface area contributed by atoms with Crippen LogP contribution in [0.2, 0.25) is 0 Å². The number of hydrogen-bond donors (Lipinski definition) is 2. The first-order valence-corrected chi connectivity index (χ1v) is 3.27. The van der Waals surface area contributed by atoms with E-state index in [4.69, 9.17) is 5.11 Å². The molecule has 1 unspecified atom stereocenters. The second kappa shape index (κ2) is 2.28. The summed E-state index contributed by atoms with van der Waals surface area (Å²) in [6, 6.07) is -0.431. The number of thioether (sulfide) groups is 1. The van der Waals surface area contributed by atoms with Crippen molar-refractivity contribution in [2.24, 2.45) is 0 Å². The molecular formula is C4H6NO2S+. The van der Waals surface area contributed by atoms with E-state index in [2.05, 4.69) is 5.32 Å². The van der Waals surface area contributed by atoms with Gasteiger partial charge in [0.05, 0.1) is 17.6 Å². The lowest BCUT2D eigenvalue weighted by atomic mass is 10.4. The van der Waals surface area contributed by atoms with Gasteiger partial charge in [-0.15, -0.1) is 0 Å². The van der Waals surface area contributed by atoms with Gasteiger partial charge in [0, 0.05) is 0 Å². The van der Waals surface area contributed by atoms with E-state index in [0.29, 0.717) is 0 Å². The average molecular weight is 132 g/mol. The topological polar surface area (TPSA) is 49.3 Å².